The lowest BCUT2D eigenvalue weighted by Gasteiger charge is -2.09. The normalized spacial score (nSPS) is 11.5. The van der Waals surface area contributed by atoms with E-state index >= 15 is 0 Å². The number of ether oxygens (including phenoxy) is 1. The van der Waals surface area contributed by atoms with E-state index in [4.69, 9.17) is 0 Å². The highest BCUT2D eigenvalue weighted by Gasteiger charge is 2.30. The standard InChI is InChI=1S/C8H9F3N2O2/c1-2-15-7(14)6-12-3-4-13(6)5-8(9,10)11/h3-4H,2,5H2,1H3. The van der Waals surface area contributed by atoms with Crippen LogP contribution in [0.5, 0.6) is 0 Å². The molecule has 0 fully saturated rings. The van der Waals surface area contributed by atoms with Crippen LogP contribution in [0, 0.1) is 0 Å². The SMILES string of the molecule is CCOC(=O)c1nccn1CC(F)(F)F. The first-order valence-corrected chi connectivity index (χ1v) is 4.19. The van der Waals surface area contributed by atoms with E-state index < -0.39 is 18.7 Å². The molecule has 0 aromatic carbocycles. The number of imidazole rings is 1. The minimum atomic E-state index is -4.39. The Kier molecular flexibility index (Phi) is 3.33. The average molecular weight is 222 g/mol. The minimum Gasteiger partial charge on any atom is -0.460 e. The summed E-state index contributed by atoms with van der Waals surface area (Å²) in [5, 5.41) is 0. The Morgan fingerprint density at radius 1 is 1.60 bits per heavy atom. The first-order valence-electron chi connectivity index (χ1n) is 4.19. The molecule has 0 aliphatic heterocycles. The van der Waals surface area contributed by atoms with Crippen LogP contribution in [0.1, 0.15) is 17.5 Å². The van der Waals surface area contributed by atoms with Crippen molar-refractivity contribution in [1.82, 2.24) is 9.55 Å². The van der Waals surface area contributed by atoms with Crippen LogP contribution in [0.2, 0.25) is 0 Å². The topological polar surface area (TPSA) is 44.1 Å². The number of alkyl halides is 3. The van der Waals surface area contributed by atoms with E-state index in [0.29, 0.717) is 4.57 Å². The lowest BCUT2D eigenvalue weighted by atomic mass is 10.5. The fraction of sp³-hybridized carbons (Fsp3) is 0.500. The molecule has 0 saturated carbocycles. The molecule has 0 aliphatic rings. The molecule has 1 rings (SSSR count). The van der Waals surface area contributed by atoms with Gasteiger partial charge in [-0.1, -0.05) is 0 Å². The number of halogens is 3. The van der Waals surface area contributed by atoms with Crippen LogP contribution >= 0.6 is 0 Å². The Morgan fingerprint density at radius 2 is 2.27 bits per heavy atom. The van der Waals surface area contributed by atoms with Gasteiger partial charge in [0, 0.05) is 12.4 Å². The van der Waals surface area contributed by atoms with E-state index in [9.17, 15) is 18.0 Å². The van der Waals surface area contributed by atoms with Gasteiger partial charge in [-0.2, -0.15) is 13.2 Å². The van der Waals surface area contributed by atoms with Crippen molar-refractivity contribution < 1.29 is 22.7 Å². The quantitative estimate of drug-likeness (QED) is 0.730. The zero-order chi connectivity index (χ0) is 11.5. The molecule has 0 saturated heterocycles. The summed E-state index contributed by atoms with van der Waals surface area (Å²) in [5.74, 6) is -1.19. The molecule has 0 radical (unpaired) electrons. The number of hydrogen-bond donors (Lipinski definition) is 0. The molecule has 0 amide bonds. The number of rotatable bonds is 3. The van der Waals surface area contributed by atoms with Crippen molar-refractivity contribution in [3.63, 3.8) is 0 Å². The molecule has 0 unspecified atom stereocenters. The molecule has 4 nitrogen and oxygen atoms in total. The van der Waals surface area contributed by atoms with E-state index in [1.807, 2.05) is 0 Å². The molecular formula is C8H9F3N2O2. The van der Waals surface area contributed by atoms with E-state index in [-0.39, 0.29) is 12.4 Å². The zero-order valence-electron chi connectivity index (χ0n) is 7.91. The van der Waals surface area contributed by atoms with Gasteiger partial charge in [0.05, 0.1) is 6.61 Å². The smallest absolute Gasteiger partial charge is 0.406 e. The molecule has 0 atom stereocenters. The Hall–Kier alpha value is -1.53. The van der Waals surface area contributed by atoms with E-state index in [0.717, 1.165) is 12.4 Å². The minimum absolute atomic E-state index is 0.0950. The average Bonchev–Trinajstić information content (AvgIpc) is 2.49. The molecule has 84 valence electrons. The van der Waals surface area contributed by atoms with Gasteiger partial charge in [0.15, 0.2) is 0 Å². The van der Waals surface area contributed by atoms with E-state index in [1.54, 1.807) is 6.92 Å². The Morgan fingerprint density at radius 3 is 2.80 bits per heavy atom. The zero-order valence-corrected chi connectivity index (χ0v) is 7.91. The molecule has 0 N–H and O–H groups in total. The van der Waals surface area contributed by atoms with Gasteiger partial charge in [0.25, 0.3) is 0 Å². The van der Waals surface area contributed by atoms with Crippen LogP contribution < -0.4 is 0 Å². The molecule has 0 bridgehead atoms. The first kappa shape index (κ1) is 11.5. The highest BCUT2D eigenvalue weighted by Crippen LogP contribution is 2.18. The number of carbonyl (C=O) groups excluding carboxylic acids is 1. The largest absolute Gasteiger partial charge is 0.460 e. The molecule has 15 heavy (non-hydrogen) atoms. The van der Waals surface area contributed by atoms with Crippen LogP contribution in [0.3, 0.4) is 0 Å². The van der Waals surface area contributed by atoms with Gasteiger partial charge in [-0.25, -0.2) is 9.78 Å². The van der Waals surface area contributed by atoms with E-state index in [2.05, 4.69) is 9.72 Å². The van der Waals surface area contributed by atoms with Crippen LogP contribution in [0.15, 0.2) is 12.4 Å². The molecule has 1 aromatic heterocycles. The molecule has 0 aliphatic carbocycles. The van der Waals surface area contributed by atoms with Gasteiger partial charge < -0.3 is 9.30 Å². The van der Waals surface area contributed by atoms with Gasteiger partial charge in [-0.05, 0) is 6.92 Å². The van der Waals surface area contributed by atoms with E-state index in [1.165, 1.54) is 0 Å². The molecule has 1 heterocycles. The number of aromatic nitrogens is 2. The van der Waals surface area contributed by atoms with Crippen LogP contribution in [0.25, 0.3) is 0 Å². The summed E-state index contributed by atoms with van der Waals surface area (Å²) in [4.78, 5) is 14.6. The second kappa shape index (κ2) is 4.33. The van der Waals surface area contributed by atoms with Crippen LogP contribution in [0.4, 0.5) is 13.2 Å². The summed E-state index contributed by atoms with van der Waals surface area (Å²) in [5.41, 5.74) is 0. The van der Waals surface area contributed by atoms with Gasteiger partial charge in [0.2, 0.25) is 5.82 Å². The monoisotopic (exact) mass is 222 g/mol. The maximum Gasteiger partial charge on any atom is 0.406 e. The maximum atomic E-state index is 12.0. The van der Waals surface area contributed by atoms with Crippen molar-refractivity contribution in [1.29, 1.82) is 0 Å². The number of nitrogens with zero attached hydrogens (tertiary/aromatic N) is 2. The molecular weight excluding hydrogens is 213 g/mol. The first-order chi connectivity index (χ1) is 6.94. The Balaban J connectivity index is 2.82. The molecule has 0 spiro atoms. The van der Waals surface area contributed by atoms with Crippen molar-refractivity contribution in [2.45, 2.75) is 19.6 Å². The Labute approximate surface area is 83.7 Å². The van der Waals surface area contributed by atoms with Crippen molar-refractivity contribution in [2.75, 3.05) is 6.61 Å². The summed E-state index contributed by atoms with van der Waals surface area (Å²) in [6, 6.07) is 0. The summed E-state index contributed by atoms with van der Waals surface area (Å²) >= 11 is 0. The maximum absolute atomic E-state index is 12.0. The summed E-state index contributed by atoms with van der Waals surface area (Å²) in [6.07, 6.45) is -2.18. The molecule has 7 heteroatoms. The number of esters is 1. The molecule has 1 aromatic rings. The fourth-order valence-corrected chi connectivity index (χ4v) is 1.02. The Bertz CT molecular complexity index is 346. The lowest BCUT2D eigenvalue weighted by Crippen LogP contribution is -2.21. The summed E-state index contributed by atoms with van der Waals surface area (Å²) < 4.78 is 41.4. The summed E-state index contributed by atoms with van der Waals surface area (Å²) in [6.45, 7) is 0.411. The highest BCUT2D eigenvalue weighted by molar-refractivity contribution is 5.85. The van der Waals surface area contributed by atoms with Crippen LogP contribution in [-0.2, 0) is 11.3 Å². The predicted octanol–water partition coefficient (Wildman–Crippen LogP) is 1.62. The lowest BCUT2D eigenvalue weighted by molar-refractivity contribution is -0.140. The second-order valence-corrected chi connectivity index (χ2v) is 2.71. The van der Waals surface area contributed by atoms with Crippen molar-refractivity contribution >= 4 is 5.97 Å². The van der Waals surface area contributed by atoms with Gasteiger partial charge in [-0.3, -0.25) is 0 Å². The van der Waals surface area contributed by atoms with Crippen molar-refractivity contribution in [2.24, 2.45) is 0 Å². The predicted molar refractivity (Wildman–Crippen MR) is 44.2 cm³/mol. The van der Waals surface area contributed by atoms with Gasteiger partial charge in [0.1, 0.15) is 6.54 Å². The fourth-order valence-electron chi connectivity index (χ4n) is 1.02. The van der Waals surface area contributed by atoms with Gasteiger partial charge in [-0.15, -0.1) is 0 Å². The second-order valence-electron chi connectivity index (χ2n) is 2.71. The van der Waals surface area contributed by atoms with Crippen molar-refractivity contribution in [3.8, 4) is 0 Å². The van der Waals surface area contributed by atoms with Crippen molar-refractivity contribution in [3.05, 3.63) is 18.2 Å². The number of carbonyl (C=O) groups is 1. The third-order valence-corrected chi connectivity index (χ3v) is 1.52. The summed E-state index contributed by atoms with van der Waals surface area (Å²) in [7, 11) is 0. The highest BCUT2D eigenvalue weighted by atomic mass is 19.4. The van der Waals surface area contributed by atoms with Gasteiger partial charge >= 0.3 is 12.1 Å². The third kappa shape index (κ3) is 3.26. The van der Waals surface area contributed by atoms with Crippen LogP contribution in [-0.4, -0.2) is 28.3 Å². The number of hydrogen-bond acceptors (Lipinski definition) is 3. The third-order valence-electron chi connectivity index (χ3n) is 1.52.